The second-order valence-corrected chi connectivity index (χ2v) is 8.83. The summed E-state index contributed by atoms with van der Waals surface area (Å²) in [5, 5.41) is 0. The number of para-hydroxylation sites is 2. The topological polar surface area (TPSA) is 59.1 Å². The predicted molar refractivity (Wildman–Crippen MR) is 111 cm³/mol. The quantitative estimate of drug-likeness (QED) is 0.761. The van der Waals surface area contributed by atoms with Gasteiger partial charge in [-0.3, -0.25) is 14.5 Å². The first-order chi connectivity index (χ1) is 14.2. The lowest BCUT2D eigenvalue weighted by Crippen LogP contribution is -2.54. The van der Waals surface area contributed by atoms with E-state index in [9.17, 15) is 9.59 Å². The van der Waals surface area contributed by atoms with E-state index in [0.717, 1.165) is 23.4 Å². The van der Waals surface area contributed by atoms with Crippen LogP contribution in [0.1, 0.15) is 33.0 Å². The lowest BCUT2D eigenvalue weighted by atomic mass is 9.99. The van der Waals surface area contributed by atoms with Gasteiger partial charge in [-0.25, -0.2) is 0 Å². The summed E-state index contributed by atoms with van der Waals surface area (Å²) in [7, 11) is 0. The molecule has 0 N–H and O–H groups in total. The third-order valence-electron chi connectivity index (χ3n) is 5.82. The summed E-state index contributed by atoms with van der Waals surface area (Å²) in [5.74, 6) is 0.464. The summed E-state index contributed by atoms with van der Waals surface area (Å²) in [6, 6.07) is 9.53. The van der Waals surface area contributed by atoms with E-state index in [0.29, 0.717) is 32.1 Å². The number of morpholine rings is 1. The SMILES string of the molecule is O=C([C@@H]1CN(C(=O)c2cc3c(s2)CCCC3)c2ccccc2O1)N1CCOCC1. The van der Waals surface area contributed by atoms with E-state index in [1.165, 1.54) is 23.3 Å². The second kappa shape index (κ2) is 7.80. The molecular weight excluding hydrogens is 388 g/mol. The Labute approximate surface area is 174 Å². The molecular formula is C22H24N2O4S. The van der Waals surface area contributed by atoms with Gasteiger partial charge in [0.2, 0.25) is 0 Å². The van der Waals surface area contributed by atoms with Gasteiger partial charge < -0.3 is 14.4 Å². The summed E-state index contributed by atoms with van der Waals surface area (Å²) in [5.41, 5.74) is 2.04. The maximum Gasteiger partial charge on any atom is 0.268 e. The van der Waals surface area contributed by atoms with Crippen LogP contribution in [0.5, 0.6) is 5.75 Å². The molecule has 0 saturated carbocycles. The summed E-state index contributed by atoms with van der Waals surface area (Å²) < 4.78 is 11.4. The van der Waals surface area contributed by atoms with Crippen molar-refractivity contribution in [2.24, 2.45) is 0 Å². The Morgan fingerprint density at radius 1 is 1.07 bits per heavy atom. The molecule has 1 aromatic carbocycles. The number of hydrogen-bond donors (Lipinski definition) is 0. The zero-order chi connectivity index (χ0) is 19.8. The summed E-state index contributed by atoms with van der Waals surface area (Å²) in [6.45, 7) is 2.43. The van der Waals surface area contributed by atoms with E-state index in [-0.39, 0.29) is 18.4 Å². The highest BCUT2D eigenvalue weighted by Gasteiger charge is 2.37. The number of anilines is 1. The minimum absolute atomic E-state index is 0.0417. The van der Waals surface area contributed by atoms with Gasteiger partial charge in [-0.1, -0.05) is 12.1 Å². The molecule has 2 amide bonds. The number of benzene rings is 1. The molecule has 5 rings (SSSR count). The van der Waals surface area contributed by atoms with Gasteiger partial charge in [0.05, 0.1) is 30.3 Å². The van der Waals surface area contributed by atoms with Crippen LogP contribution in [0.3, 0.4) is 0 Å². The number of carbonyl (C=O) groups is 2. The van der Waals surface area contributed by atoms with Crippen molar-refractivity contribution in [3.8, 4) is 5.75 Å². The number of ether oxygens (including phenoxy) is 2. The molecule has 7 heteroatoms. The van der Waals surface area contributed by atoms with Crippen molar-refractivity contribution in [3.63, 3.8) is 0 Å². The molecule has 1 saturated heterocycles. The lowest BCUT2D eigenvalue weighted by molar-refractivity contribution is -0.142. The Morgan fingerprint density at radius 3 is 2.69 bits per heavy atom. The van der Waals surface area contributed by atoms with Crippen LogP contribution in [-0.4, -0.2) is 55.7 Å². The number of thiophene rings is 1. The molecule has 1 aromatic heterocycles. The van der Waals surface area contributed by atoms with E-state index in [2.05, 4.69) is 6.07 Å². The Morgan fingerprint density at radius 2 is 1.86 bits per heavy atom. The zero-order valence-electron chi connectivity index (χ0n) is 16.3. The number of nitrogens with zero attached hydrogens (tertiary/aromatic N) is 2. The van der Waals surface area contributed by atoms with Crippen molar-refractivity contribution < 1.29 is 19.1 Å². The predicted octanol–water partition coefficient (Wildman–Crippen LogP) is 2.89. The molecule has 6 nitrogen and oxygen atoms in total. The Hall–Kier alpha value is -2.38. The second-order valence-electron chi connectivity index (χ2n) is 7.69. The molecule has 3 aliphatic rings. The first-order valence-electron chi connectivity index (χ1n) is 10.3. The summed E-state index contributed by atoms with van der Waals surface area (Å²) in [4.78, 5) is 32.1. The van der Waals surface area contributed by atoms with Gasteiger partial charge in [0, 0.05) is 18.0 Å². The van der Waals surface area contributed by atoms with E-state index in [4.69, 9.17) is 9.47 Å². The summed E-state index contributed by atoms with van der Waals surface area (Å²) >= 11 is 1.61. The van der Waals surface area contributed by atoms with Crippen LogP contribution in [0, 0.1) is 0 Å². The van der Waals surface area contributed by atoms with Gasteiger partial charge >= 0.3 is 0 Å². The van der Waals surface area contributed by atoms with Crippen LogP contribution < -0.4 is 9.64 Å². The van der Waals surface area contributed by atoms with Crippen LogP contribution >= 0.6 is 11.3 Å². The Kier molecular flexibility index (Phi) is 5.01. The average molecular weight is 413 g/mol. The number of aryl methyl sites for hydroxylation is 2. The first-order valence-corrected chi connectivity index (χ1v) is 11.1. The normalized spacial score (nSPS) is 21.2. The molecule has 1 atom stereocenters. The molecule has 29 heavy (non-hydrogen) atoms. The van der Waals surface area contributed by atoms with E-state index in [1.54, 1.807) is 21.1 Å². The van der Waals surface area contributed by atoms with Crippen LogP contribution in [0.15, 0.2) is 30.3 Å². The van der Waals surface area contributed by atoms with Gasteiger partial charge in [0.25, 0.3) is 11.8 Å². The fourth-order valence-electron chi connectivity index (χ4n) is 4.27. The molecule has 1 fully saturated rings. The molecule has 0 radical (unpaired) electrons. The molecule has 3 heterocycles. The van der Waals surface area contributed by atoms with Crippen molar-refractivity contribution in [2.75, 3.05) is 37.7 Å². The molecule has 0 unspecified atom stereocenters. The maximum absolute atomic E-state index is 13.5. The fraction of sp³-hybridized carbons (Fsp3) is 0.455. The summed E-state index contributed by atoms with van der Waals surface area (Å²) in [6.07, 6.45) is 3.80. The highest BCUT2D eigenvalue weighted by Crippen LogP contribution is 2.37. The van der Waals surface area contributed by atoms with Crippen molar-refractivity contribution in [3.05, 3.63) is 45.6 Å². The Bertz CT molecular complexity index is 911. The zero-order valence-corrected chi connectivity index (χ0v) is 17.1. The van der Waals surface area contributed by atoms with Crippen LogP contribution in [0.2, 0.25) is 0 Å². The van der Waals surface area contributed by atoms with E-state index >= 15 is 0 Å². The lowest BCUT2D eigenvalue weighted by Gasteiger charge is -2.37. The average Bonchev–Trinajstić information content (AvgIpc) is 3.22. The molecule has 2 aliphatic heterocycles. The highest BCUT2D eigenvalue weighted by molar-refractivity contribution is 7.14. The molecule has 2 aromatic rings. The van der Waals surface area contributed by atoms with Gasteiger partial charge in [-0.15, -0.1) is 11.3 Å². The number of amides is 2. The van der Waals surface area contributed by atoms with Crippen molar-refractivity contribution in [2.45, 2.75) is 31.8 Å². The van der Waals surface area contributed by atoms with Crippen LogP contribution in [0.25, 0.3) is 0 Å². The van der Waals surface area contributed by atoms with Crippen LogP contribution in [-0.2, 0) is 22.4 Å². The minimum Gasteiger partial charge on any atom is -0.476 e. The molecule has 0 bridgehead atoms. The molecule has 152 valence electrons. The smallest absolute Gasteiger partial charge is 0.268 e. The third-order valence-corrected chi connectivity index (χ3v) is 7.05. The van der Waals surface area contributed by atoms with E-state index in [1.807, 2.05) is 24.3 Å². The Balaban J connectivity index is 1.43. The number of fused-ring (bicyclic) bond motifs is 2. The fourth-order valence-corrected chi connectivity index (χ4v) is 5.47. The number of carbonyl (C=O) groups excluding carboxylic acids is 2. The number of rotatable bonds is 2. The van der Waals surface area contributed by atoms with Gasteiger partial charge in [-0.2, -0.15) is 0 Å². The maximum atomic E-state index is 13.5. The van der Waals surface area contributed by atoms with Crippen LogP contribution in [0.4, 0.5) is 5.69 Å². The largest absolute Gasteiger partial charge is 0.476 e. The van der Waals surface area contributed by atoms with Crippen molar-refractivity contribution >= 4 is 28.8 Å². The van der Waals surface area contributed by atoms with Crippen molar-refractivity contribution in [1.29, 1.82) is 0 Å². The monoisotopic (exact) mass is 412 g/mol. The van der Waals surface area contributed by atoms with Gasteiger partial charge in [0.15, 0.2) is 6.10 Å². The number of hydrogen-bond acceptors (Lipinski definition) is 5. The molecule has 1 aliphatic carbocycles. The van der Waals surface area contributed by atoms with Crippen molar-refractivity contribution in [1.82, 2.24) is 4.90 Å². The van der Waals surface area contributed by atoms with E-state index < -0.39 is 6.10 Å². The molecule has 0 spiro atoms. The highest BCUT2D eigenvalue weighted by atomic mass is 32.1. The standard InChI is InChI=1S/C22H24N2O4S/c25-21(23-9-11-27-12-10-23)18-14-24(16-6-2-3-7-17(16)28-18)22(26)20-13-15-5-1-4-8-19(15)29-20/h2-3,6-7,13,18H,1,4-5,8-12,14H2/t18-/m0/s1. The minimum atomic E-state index is -0.693. The van der Waals surface area contributed by atoms with Gasteiger partial charge in [-0.05, 0) is 49.4 Å². The third kappa shape index (κ3) is 3.53. The van der Waals surface area contributed by atoms with Gasteiger partial charge in [0.1, 0.15) is 5.75 Å². The first kappa shape index (κ1) is 18.6.